The summed E-state index contributed by atoms with van der Waals surface area (Å²) >= 11 is 0.586. The van der Waals surface area contributed by atoms with Crippen LogP contribution in [0.4, 0.5) is 5.82 Å². The third kappa shape index (κ3) is 13.1. The standard InChI is InChI=1S/C28H44N7O21P3S/c1-27(2,21(41)24(42)31-4-3-16(38)30-5-6-60-26(43)28(44)7-13(36)18(39)14(37)8-28)10-53-59(50,51)56-58(48,49)52-9-15-20(55-57(45,46)47)19(40)25(54-15)35-12-34-17-22(29)32-11-33-23(17)35/h11-13,15,18-21,25,36,39-41,44H,3-10H2,1-2H3,(H,30,38)(H,31,42)(H,48,49)(H,50,51)(H2,29,32,33)(H2,45,46,47). The first kappa shape index (κ1) is 49.8. The van der Waals surface area contributed by atoms with Gasteiger partial charge in [-0.3, -0.25) is 37.3 Å². The maximum Gasteiger partial charge on any atom is 0.481 e. The van der Waals surface area contributed by atoms with Gasteiger partial charge in [-0.15, -0.1) is 0 Å². The molecule has 0 spiro atoms. The number of Topliss-reactive ketones (excluding diaryl/α,β-unsaturated/α-hetero) is 1. The summed E-state index contributed by atoms with van der Waals surface area (Å²) in [7, 11) is -16.5. The molecule has 1 saturated heterocycles. The van der Waals surface area contributed by atoms with E-state index in [1.165, 1.54) is 13.8 Å². The van der Waals surface area contributed by atoms with Crippen LogP contribution in [-0.2, 0) is 55.5 Å². The zero-order valence-electron chi connectivity index (χ0n) is 31.4. The molecule has 0 aromatic carbocycles. The molecule has 2 amide bonds. The maximum absolute atomic E-state index is 12.7. The molecule has 4 rings (SSSR count). The van der Waals surface area contributed by atoms with Gasteiger partial charge in [0.2, 0.25) is 16.9 Å². The fourth-order valence-electron chi connectivity index (χ4n) is 5.70. The quantitative estimate of drug-likeness (QED) is 0.0452. The Morgan fingerprint density at radius 2 is 1.73 bits per heavy atom. The molecule has 0 bridgehead atoms. The van der Waals surface area contributed by atoms with E-state index in [1.807, 2.05) is 0 Å². The highest BCUT2D eigenvalue weighted by Gasteiger charge is 2.51. The molecule has 32 heteroatoms. The third-order valence-electron chi connectivity index (χ3n) is 8.82. The summed E-state index contributed by atoms with van der Waals surface area (Å²) in [5, 5.41) is 55.0. The molecule has 2 fully saturated rings. The van der Waals surface area contributed by atoms with Crippen molar-refractivity contribution >= 4 is 74.9 Å². The van der Waals surface area contributed by atoms with Crippen LogP contribution in [0.3, 0.4) is 0 Å². The number of nitrogens with two attached hydrogens (primary N) is 1. The van der Waals surface area contributed by atoms with Crippen LogP contribution in [0, 0.1) is 5.41 Å². The van der Waals surface area contributed by atoms with Crippen LogP contribution in [0.25, 0.3) is 11.2 Å². The Kier molecular flexibility index (Phi) is 16.3. The minimum atomic E-state index is -5.61. The van der Waals surface area contributed by atoms with Gasteiger partial charge < -0.3 is 66.2 Å². The van der Waals surface area contributed by atoms with Crippen LogP contribution in [0.2, 0.25) is 0 Å². The van der Waals surface area contributed by atoms with Gasteiger partial charge in [-0.1, -0.05) is 25.6 Å². The number of imidazole rings is 1. The van der Waals surface area contributed by atoms with Crippen LogP contribution in [0.15, 0.2) is 12.7 Å². The SMILES string of the molecule is CC(C)(COP(=O)(O)OP(=O)(O)OCC1OC(n2cnc3c(N)ncnc32)C(O)C1OP(=O)(O)O)C(O)C(=O)NCCC(=O)NCCSC(=O)C1(O)CC(=O)C(O)C(O)C1. The fourth-order valence-corrected chi connectivity index (χ4v) is 9.34. The van der Waals surface area contributed by atoms with E-state index in [1.54, 1.807) is 0 Å². The number of amides is 2. The maximum atomic E-state index is 12.7. The van der Waals surface area contributed by atoms with Crippen molar-refractivity contribution in [2.45, 2.75) is 81.6 Å². The Balaban J connectivity index is 1.21. The molecule has 10 unspecified atom stereocenters. The molecule has 10 atom stereocenters. The molecule has 2 aliphatic rings. The van der Waals surface area contributed by atoms with Gasteiger partial charge in [0.25, 0.3) is 0 Å². The number of aliphatic hydroxyl groups excluding tert-OH is 4. The van der Waals surface area contributed by atoms with Gasteiger partial charge in [0.05, 0.1) is 25.6 Å². The zero-order valence-corrected chi connectivity index (χ0v) is 34.9. The first-order valence-electron chi connectivity index (χ1n) is 17.3. The molecule has 0 radical (unpaired) electrons. The van der Waals surface area contributed by atoms with E-state index in [4.69, 9.17) is 19.5 Å². The lowest BCUT2D eigenvalue weighted by Gasteiger charge is -2.34. The monoisotopic (exact) mass is 939 g/mol. The highest BCUT2D eigenvalue weighted by molar-refractivity contribution is 8.13. The number of hydrogen-bond donors (Lipinski definition) is 12. The van der Waals surface area contributed by atoms with Gasteiger partial charge in [-0.25, -0.2) is 28.6 Å². The molecule has 1 saturated carbocycles. The summed E-state index contributed by atoms with van der Waals surface area (Å²) < 4.78 is 62.0. The Labute approximate surface area is 342 Å². The number of nitrogens with one attached hydrogen (secondary N) is 2. The van der Waals surface area contributed by atoms with E-state index in [9.17, 15) is 78.0 Å². The highest BCUT2D eigenvalue weighted by Crippen LogP contribution is 2.61. The summed E-state index contributed by atoms with van der Waals surface area (Å²) in [6.45, 7) is -0.109. The number of ether oxygens (including phenoxy) is 1. The molecule has 13 N–H and O–H groups in total. The van der Waals surface area contributed by atoms with Crippen LogP contribution < -0.4 is 16.4 Å². The van der Waals surface area contributed by atoms with Gasteiger partial charge in [-0.2, -0.15) is 4.31 Å². The van der Waals surface area contributed by atoms with Crippen LogP contribution >= 0.6 is 35.2 Å². The highest BCUT2D eigenvalue weighted by atomic mass is 32.2. The van der Waals surface area contributed by atoms with E-state index in [2.05, 4.69) is 34.4 Å². The number of phosphoric acid groups is 3. The Bertz CT molecular complexity index is 2060. The molecule has 1 aliphatic carbocycles. The normalized spacial score (nSPS) is 27.6. The molecule has 3 heterocycles. The van der Waals surface area contributed by atoms with Gasteiger partial charge >= 0.3 is 23.5 Å². The molecular weight excluding hydrogens is 895 g/mol. The lowest BCUT2D eigenvalue weighted by molar-refractivity contribution is -0.158. The first-order chi connectivity index (χ1) is 27.7. The third-order valence-corrected chi connectivity index (χ3v) is 13.0. The van der Waals surface area contributed by atoms with Crippen LogP contribution in [0.5, 0.6) is 0 Å². The van der Waals surface area contributed by atoms with Gasteiger partial charge in [0.15, 0.2) is 23.5 Å². The number of carbonyl (C=O) groups is 4. The van der Waals surface area contributed by atoms with Gasteiger partial charge in [0.1, 0.15) is 48.0 Å². The van der Waals surface area contributed by atoms with Crippen LogP contribution in [0.1, 0.15) is 39.3 Å². The van der Waals surface area contributed by atoms with Crippen molar-refractivity contribution in [1.29, 1.82) is 0 Å². The number of thioether (sulfide) groups is 1. The van der Waals surface area contributed by atoms with Gasteiger partial charge in [0, 0.05) is 43.5 Å². The number of ketones is 1. The second-order valence-corrected chi connectivity index (χ2v) is 19.4. The molecule has 1 aliphatic heterocycles. The van der Waals surface area contributed by atoms with Crippen molar-refractivity contribution in [2.75, 3.05) is 37.8 Å². The largest absolute Gasteiger partial charge is 0.481 e. The number of fused-ring (bicyclic) bond motifs is 1. The Hall–Kier alpha value is -2.89. The Morgan fingerprint density at radius 1 is 1.07 bits per heavy atom. The van der Waals surface area contributed by atoms with Crippen molar-refractivity contribution in [1.82, 2.24) is 30.2 Å². The first-order valence-corrected chi connectivity index (χ1v) is 22.8. The zero-order chi connectivity index (χ0) is 45.0. The number of hydrogen-bond acceptors (Lipinski definition) is 22. The number of phosphoric ester groups is 3. The summed E-state index contributed by atoms with van der Waals surface area (Å²) in [4.78, 5) is 99.8. The lowest BCUT2D eigenvalue weighted by atomic mass is 9.81. The topological polar surface area (TPSA) is 441 Å². The van der Waals surface area contributed by atoms with E-state index in [0.29, 0.717) is 11.8 Å². The number of nitrogens with zero attached hydrogens (tertiary/aromatic N) is 4. The van der Waals surface area contributed by atoms with E-state index in [-0.39, 0.29) is 42.2 Å². The molecule has 2 aromatic rings. The van der Waals surface area contributed by atoms with E-state index in [0.717, 1.165) is 17.2 Å². The number of aliphatic hydroxyl groups is 5. The number of carbonyl (C=O) groups excluding carboxylic acids is 4. The summed E-state index contributed by atoms with van der Waals surface area (Å²) in [6.07, 6.45) is -11.8. The number of anilines is 1. The van der Waals surface area contributed by atoms with Crippen LogP contribution in [-0.4, -0.2) is 162 Å². The predicted molar refractivity (Wildman–Crippen MR) is 198 cm³/mol. The fraction of sp³-hybridized carbons (Fsp3) is 0.679. The molecule has 2 aromatic heterocycles. The van der Waals surface area contributed by atoms with Gasteiger partial charge in [-0.05, 0) is 0 Å². The van der Waals surface area contributed by atoms with E-state index < -0.39 is 126 Å². The number of nitrogen functional groups attached to an aromatic ring is 1. The van der Waals surface area contributed by atoms with Crippen molar-refractivity contribution in [2.24, 2.45) is 5.41 Å². The average Bonchev–Trinajstić information content (AvgIpc) is 3.70. The van der Waals surface area contributed by atoms with Crippen molar-refractivity contribution in [3.63, 3.8) is 0 Å². The second kappa shape index (κ2) is 19.7. The minimum Gasteiger partial charge on any atom is -0.390 e. The minimum absolute atomic E-state index is 0.00967. The Morgan fingerprint density at radius 3 is 2.38 bits per heavy atom. The summed E-state index contributed by atoms with van der Waals surface area (Å²) in [6, 6.07) is 0. The summed E-state index contributed by atoms with van der Waals surface area (Å²) in [5.74, 6) is -2.66. The van der Waals surface area contributed by atoms with E-state index >= 15 is 0 Å². The van der Waals surface area contributed by atoms with Crippen molar-refractivity contribution in [3.05, 3.63) is 12.7 Å². The average molecular weight is 940 g/mol. The second-order valence-electron chi connectivity index (χ2n) is 14.1. The lowest BCUT2D eigenvalue weighted by Crippen LogP contribution is -2.53. The number of rotatable bonds is 20. The molecule has 28 nitrogen and oxygen atoms in total. The molecule has 60 heavy (non-hydrogen) atoms. The smallest absolute Gasteiger partial charge is 0.390 e. The summed E-state index contributed by atoms with van der Waals surface area (Å²) in [5.41, 5.74) is 1.96. The van der Waals surface area contributed by atoms with Crippen molar-refractivity contribution in [3.8, 4) is 0 Å². The molecular formula is C28H44N7O21P3S. The number of aromatic nitrogens is 4. The predicted octanol–water partition coefficient (Wildman–Crippen LogP) is -3.52. The van der Waals surface area contributed by atoms with Crippen molar-refractivity contribution < 1.29 is 101 Å². The molecule has 338 valence electrons.